The first-order chi connectivity index (χ1) is 10.6. The Hall–Kier alpha value is -1.22. The summed E-state index contributed by atoms with van der Waals surface area (Å²) in [7, 11) is 2.08. The van der Waals surface area contributed by atoms with Crippen LogP contribution in [0.4, 0.5) is 0 Å². The van der Waals surface area contributed by atoms with Crippen molar-refractivity contribution < 1.29 is 4.52 Å². The Morgan fingerprint density at radius 1 is 1.30 bits per heavy atom. The second-order valence-corrected chi connectivity index (χ2v) is 6.41. The number of thioether (sulfide) groups is 1. The fourth-order valence-electron chi connectivity index (χ4n) is 2.44. The molecule has 2 aromatic rings. The summed E-state index contributed by atoms with van der Waals surface area (Å²) in [5.41, 5.74) is 1.94. The molecule has 2 aromatic heterocycles. The molecule has 0 aliphatic carbocycles. The number of rotatable bonds is 4. The molecule has 126 valence electrons. The molecule has 1 saturated heterocycles. The first-order valence-electron chi connectivity index (χ1n) is 7.30. The highest BCUT2D eigenvalue weighted by Crippen LogP contribution is 2.22. The van der Waals surface area contributed by atoms with E-state index in [2.05, 4.69) is 37.4 Å². The number of aromatic nitrogens is 4. The molecule has 1 unspecified atom stereocenters. The van der Waals surface area contributed by atoms with Crippen molar-refractivity contribution in [2.75, 3.05) is 26.7 Å². The Bertz CT molecular complexity index is 632. The molecular formula is C14H21ClN6OS. The standard InChI is InChI=1S/C14H20N6OS.ClH/c1-9-6-10(2)17-14(16-9)22-8-12-18-13(19-21-12)11-7-15-4-5-20(11)3;/h6,11,15H,4-5,7-8H2,1-3H3;1H. The predicted molar refractivity (Wildman–Crippen MR) is 90.9 cm³/mol. The van der Waals surface area contributed by atoms with E-state index < -0.39 is 0 Å². The van der Waals surface area contributed by atoms with E-state index in [1.54, 1.807) is 0 Å². The number of piperazine rings is 1. The maximum atomic E-state index is 5.36. The molecule has 0 spiro atoms. The van der Waals surface area contributed by atoms with Gasteiger partial charge in [0.1, 0.15) is 0 Å². The average molecular weight is 357 g/mol. The van der Waals surface area contributed by atoms with Gasteiger partial charge in [0.05, 0.1) is 11.8 Å². The molecule has 1 fully saturated rings. The lowest BCUT2D eigenvalue weighted by Gasteiger charge is -2.30. The quantitative estimate of drug-likeness (QED) is 0.655. The maximum absolute atomic E-state index is 5.36. The Labute approximate surface area is 146 Å². The van der Waals surface area contributed by atoms with Gasteiger partial charge in [0.15, 0.2) is 11.0 Å². The Balaban J connectivity index is 0.00000192. The second-order valence-electron chi connectivity index (χ2n) is 5.47. The molecule has 0 amide bonds. The number of hydrogen-bond acceptors (Lipinski definition) is 8. The van der Waals surface area contributed by atoms with Crippen LogP contribution in [0.2, 0.25) is 0 Å². The zero-order valence-electron chi connectivity index (χ0n) is 13.4. The highest BCUT2D eigenvalue weighted by atomic mass is 35.5. The van der Waals surface area contributed by atoms with Gasteiger partial charge in [-0.3, -0.25) is 4.90 Å². The molecule has 1 atom stereocenters. The maximum Gasteiger partial charge on any atom is 0.237 e. The molecule has 1 aliphatic rings. The van der Waals surface area contributed by atoms with Crippen molar-refractivity contribution in [3.63, 3.8) is 0 Å². The fraction of sp³-hybridized carbons (Fsp3) is 0.571. The van der Waals surface area contributed by atoms with Gasteiger partial charge >= 0.3 is 0 Å². The Morgan fingerprint density at radius 2 is 2.04 bits per heavy atom. The zero-order chi connectivity index (χ0) is 15.5. The van der Waals surface area contributed by atoms with E-state index in [-0.39, 0.29) is 18.4 Å². The van der Waals surface area contributed by atoms with Crippen molar-refractivity contribution in [2.45, 2.75) is 30.8 Å². The molecule has 9 heteroatoms. The van der Waals surface area contributed by atoms with Gasteiger partial charge in [0.2, 0.25) is 5.89 Å². The highest BCUT2D eigenvalue weighted by Gasteiger charge is 2.25. The van der Waals surface area contributed by atoms with E-state index >= 15 is 0 Å². The van der Waals surface area contributed by atoms with Crippen LogP contribution in [0.3, 0.4) is 0 Å². The van der Waals surface area contributed by atoms with E-state index in [4.69, 9.17) is 4.52 Å². The summed E-state index contributed by atoms with van der Waals surface area (Å²) in [6.07, 6.45) is 0. The topological polar surface area (TPSA) is 80.0 Å². The summed E-state index contributed by atoms with van der Waals surface area (Å²) in [6.45, 7) is 6.77. The van der Waals surface area contributed by atoms with Crippen LogP contribution < -0.4 is 5.32 Å². The van der Waals surface area contributed by atoms with Crippen LogP contribution in [0, 0.1) is 13.8 Å². The third kappa shape index (κ3) is 4.63. The van der Waals surface area contributed by atoms with Crippen molar-refractivity contribution in [2.24, 2.45) is 0 Å². The van der Waals surface area contributed by atoms with Crippen LogP contribution >= 0.6 is 24.2 Å². The van der Waals surface area contributed by atoms with Gasteiger partial charge in [0, 0.05) is 31.0 Å². The van der Waals surface area contributed by atoms with Crippen LogP contribution in [0.5, 0.6) is 0 Å². The summed E-state index contributed by atoms with van der Waals surface area (Å²) in [6, 6.07) is 2.13. The van der Waals surface area contributed by atoms with Gasteiger partial charge in [-0.2, -0.15) is 4.98 Å². The van der Waals surface area contributed by atoms with Gasteiger partial charge in [-0.05, 0) is 27.0 Å². The highest BCUT2D eigenvalue weighted by molar-refractivity contribution is 7.98. The van der Waals surface area contributed by atoms with Crippen molar-refractivity contribution in [3.8, 4) is 0 Å². The van der Waals surface area contributed by atoms with Gasteiger partial charge < -0.3 is 9.84 Å². The number of likely N-dealkylation sites (N-methyl/N-ethyl adjacent to an activating group) is 1. The van der Waals surface area contributed by atoms with E-state index in [0.717, 1.165) is 42.0 Å². The minimum absolute atomic E-state index is 0. The van der Waals surface area contributed by atoms with Gasteiger partial charge in [-0.1, -0.05) is 16.9 Å². The summed E-state index contributed by atoms with van der Waals surface area (Å²) < 4.78 is 5.36. The van der Waals surface area contributed by atoms with Gasteiger partial charge in [-0.15, -0.1) is 12.4 Å². The summed E-state index contributed by atoms with van der Waals surface area (Å²) >= 11 is 1.51. The molecule has 1 N–H and O–H groups in total. The molecule has 0 radical (unpaired) electrons. The third-order valence-electron chi connectivity index (χ3n) is 3.58. The molecule has 3 heterocycles. The van der Waals surface area contributed by atoms with Gasteiger partial charge in [0.25, 0.3) is 0 Å². The van der Waals surface area contributed by atoms with Crippen LogP contribution in [-0.4, -0.2) is 51.7 Å². The molecule has 0 aromatic carbocycles. The molecule has 7 nitrogen and oxygen atoms in total. The van der Waals surface area contributed by atoms with Crippen LogP contribution in [0.1, 0.15) is 29.1 Å². The first kappa shape index (κ1) is 18.1. The molecular weight excluding hydrogens is 336 g/mol. The van der Waals surface area contributed by atoms with Crippen LogP contribution in [0.25, 0.3) is 0 Å². The summed E-state index contributed by atoms with van der Waals surface area (Å²) in [5.74, 6) is 1.94. The van der Waals surface area contributed by atoms with E-state index in [9.17, 15) is 0 Å². The number of hydrogen-bond donors (Lipinski definition) is 1. The third-order valence-corrected chi connectivity index (χ3v) is 4.41. The number of aryl methyl sites for hydroxylation is 2. The average Bonchev–Trinajstić information content (AvgIpc) is 2.93. The summed E-state index contributed by atoms with van der Waals surface area (Å²) in [5, 5.41) is 8.21. The smallest absolute Gasteiger partial charge is 0.237 e. The Kier molecular flexibility index (Phi) is 6.34. The molecule has 0 saturated carbocycles. The van der Waals surface area contributed by atoms with Crippen molar-refractivity contribution in [1.29, 1.82) is 0 Å². The lowest BCUT2D eigenvalue weighted by atomic mass is 10.2. The van der Waals surface area contributed by atoms with E-state index in [1.165, 1.54) is 11.8 Å². The molecule has 3 rings (SSSR count). The first-order valence-corrected chi connectivity index (χ1v) is 8.29. The van der Waals surface area contributed by atoms with Gasteiger partial charge in [-0.25, -0.2) is 9.97 Å². The fourth-order valence-corrected chi connectivity index (χ4v) is 3.23. The van der Waals surface area contributed by atoms with Crippen LogP contribution in [-0.2, 0) is 5.75 Å². The second kappa shape index (κ2) is 8.05. The normalized spacial score (nSPS) is 18.7. The number of nitrogens with zero attached hydrogens (tertiary/aromatic N) is 5. The van der Waals surface area contributed by atoms with Crippen molar-refractivity contribution in [1.82, 2.24) is 30.3 Å². The summed E-state index contributed by atoms with van der Waals surface area (Å²) in [4.78, 5) is 15.6. The SMILES string of the molecule is Cc1cc(C)nc(SCc2nc(C3CNCCN3C)no2)n1.Cl. The lowest BCUT2D eigenvalue weighted by molar-refractivity contribution is 0.190. The van der Waals surface area contributed by atoms with Crippen LogP contribution in [0.15, 0.2) is 15.7 Å². The zero-order valence-corrected chi connectivity index (χ0v) is 15.1. The van der Waals surface area contributed by atoms with Crippen molar-refractivity contribution >= 4 is 24.2 Å². The Morgan fingerprint density at radius 3 is 2.74 bits per heavy atom. The molecule has 0 bridgehead atoms. The minimum atomic E-state index is 0. The minimum Gasteiger partial charge on any atom is -0.338 e. The van der Waals surface area contributed by atoms with E-state index in [0.29, 0.717) is 11.6 Å². The number of halogens is 1. The molecule has 1 aliphatic heterocycles. The molecule has 23 heavy (non-hydrogen) atoms. The van der Waals surface area contributed by atoms with E-state index in [1.807, 2.05) is 19.9 Å². The van der Waals surface area contributed by atoms with Crippen molar-refractivity contribution in [3.05, 3.63) is 29.2 Å². The number of nitrogens with one attached hydrogen (secondary N) is 1. The lowest BCUT2D eigenvalue weighted by Crippen LogP contribution is -2.44. The monoisotopic (exact) mass is 356 g/mol. The largest absolute Gasteiger partial charge is 0.338 e. The predicted octanol–water partition coefficient (Wildman–Crippen LogP) is 1.77.